The van der Waals surface area contributed by atoms with Gasteiger partial charge in [-0.15, -0.1) is 0 Å². The Labute approximate surface area is 128 Å². The Morgan fingerprint density at radius 3 is 2.57 bits per heavy atom. The van der Waals surface area contributed by atoms with E-state index in [0.717, 1.165) is 62.1 Å². The van der Waals surface area contributed by atoms with E-state index in [1.807, 2.05) is 6.07 Å². The van der Waals surface area contributed by atoms with Crippen molar-refractivity contribution in [2.45, 2.75) is 71.8 Å². The van der Waals surface area contributed by atoms with Gasteiger partial charge in [0.05, 0.1) is 0 Å². The van der Waals surface area contributed by atoms with Crippen LogP contribution in [0.5, 0.6) is 5.88 Å². The number of hydrogen-bond donors (Lipinski definition) is 1. The second kappa shape index (κ2) is 8.20. The van der Waals surface area contributed by atoms with E-state index in [2.05, 4.69) is 36.1 Å². The zero-order valence-electron chi connectivity index (χ0n) is 13.7. The summed E-state index contributed by atoms with van der Waals surface area (Å²) in [6.07, 6.45) is 8.18. The molecule has 118 valence electrons. The van der Waals surface area contributed by atoms with Crippen molar-refractivity contribution in [1.29, 1.82) is 0 Å². The third kappa shape index (κ3) is 5.18. The quantitative estimate of drug-likeness (QED) is 0.817. The lowest BCUT2D eigenvalue weighted by molar-refractivity contribution is 0.129. The van der Waals surface area contributed by atoms with Gasteiger partial charge in [-0.1, -0.05) is 20.8 Å². The molecule has 0 saturated heterocycles. The van der Waals surface area contributed by atoms with E-state index in [-0.39, 0.29) is 0 Å². The summed E-state index contributed by atoms with van der Waals surface area (Å²) < 4.78 is 6.12. The van der Waals surface area contributed by atoms with Gasteiger partial charge in [0.1, 0.15) is 17.7 Å². The summed E-state index contributed by atoms with van der Waals surface area (Å²) in [5.41, 5.74) is 0. The van der Waals surface area contributed by atoms with Crippen molar-refractivity contribution < 1.29 is 4.74 Å². The predicted octanol–water partition coefficient (Wildman–Crippen LogP) is 4.21. The molecule has 2 rings (SSSR count). The van der Waals surface area contributed by atoms with Gasteiger partial charge in [0.25, 0.3) is 0 Å². The highest BCUT2D eigenvalue weighted by molar-refractivity contribution is 5.38. The normalized spacial score (nSPS) is 22.0. The van der Waals surface area contributed by atoms with Crippen molar-refractivity contribution in [3.05, 3.63) is 11.9 Å². The van der Waals surface area contributed by atoms with Crippen LogP contribution in [-0.2, 0) is 6.42 Å². The Morgan fingerprint density at radius 2 is 1.90 bits per heavy atom. The number of aryl methyl sites for hydroxylation is 1. The fourth-order valence-electron chi connectivity index (χ4n) is 2.73. The predicted molar refractivity (Wildman–Crippen MR) is 86.9 cm³/mol. The lowest BCUT2D eigenvalue weighted by atomic mass is 9.89. The van der Waals surface area contributed by atoms with Crippen LogP contribution in [0.4, 0.5) is 5.82 Å². The van der Waals surface area contributed by atoms with Crippen LogP contribution in [0, 0.1) is 5.92 Å². The van der Waals surface area contributed by atoms with Gasteiger partial charge >= 0.3 is 0 Å². The molecule has 0 aliphatic heterocycles. The molecule has 4 nitrogen and oxygen atoms in total. The summed E-state index contributed by atoms with van der Waals surface area (Å²) in [7, 11) is 0. The zero-order valence-corrected chi connectivity index (χ0v) is 13.7. The minimum absolute atomic E-state index is 0.324. The minimum Gasteiger partial charge on any atom is -0.474 e. The van der Waals surface area contributed by atoms with Crippen molar-refractivity contribution in [1.82, 2.24) is 9.97 Å². The summed E-state index contributed by atoms with van der Waals surface area (Å²) in [6.45, 7) is 7.57. The van der Waals surface area contributed by atoms with Crippen molar-refractivity contribution in [2.75, 3.05) is 11.9 Å². The molecule has 0 bridgehead atoms. The van der Waals surface area contributed by atoms with E-state index in [0.29, 0.717) is 6.10 Å². The van der Waals surface area contributed by atoms with E-state index in [4.69, 9.17) is 4.74 Å². The van der Waals surface area contributed by atoms with Crippen LogP contribution in [0.25, 0.3) is 0 Å². The molecule has 1 aromatic rings. The molecule has 1 N–H and O–H groups in total. The van der Waals surface area contributed by atoms with Gasteiger partial charge in [0.15, 0.2) is 0 Å². The third-order valence-corrected chi connectivity index (χ3v) is 4.03. The summed E-state index contributed by atoms with van der Waals surface area (Å²) in [4.78, 5) is 9.13. The molecule has 1 aromatic heterocycles. The summed E-state index contributed by atoms with van der Waals surface area (Å²) in [6, 6.07) is 1.95. The monoisotopic (exact) mass is 291 g/mol. The third-order valence-electron chi connectivity index (χ3n) is 4.03. The number of rotatable bonds is 7. The highest BCUT2D eigenvalue weighted by Crippen LogP contribution is 2.27. The van der Waals surface area contributed by atoms with Crippen LogP contribution < -0.4 is 10.1 Å². The summed E-state index contributed by atoms with van der Waals surface area (Å²) in [5.74, 6) is 3.37. The molecule has 0 radical (unpaired) electrons. The molecule has 1 saturated carbocycles. The average molecular weight is 291 g/mol. The maximum Gasteiger partial charge on any atom is 0.218 e. The summed E-state index contributed by atoms with van der Waals surface area (Å²) >= 11 is 0. The lowest BCUT2D eigenvalue weighted by Crippen LogP contribution is -2.23. The fraction of sp³-hybridized carbons (Fsp3) is 0.765. The molecule has 0 aromatic carbocycles. The molecule has 1 aliphatic rings. The fourth-order valence-corrected chi connectivity index (χ4v) is 2.73. The largest absolute Gasteiger partial charge is 0.474 e. The lowest BCUT2D eigenvalue weighted by Gasteiger charge is -2.26. The first kappa shape index (κ1) is 16.1. The van der Waals surface area contributed by atoms with Crippen molar-refractivity contribution in [3.63, 3.8) is 0 Å². The molecule has 0 atom stereocenters. The maximum absolute atomic E-state index is 6.12. The first-order chi connectivity index (χ1) is 10.2. The molecule has 1 fully saturated rings. The first-order valence-electron chi connectivity index (χ1n) is 8.49. The Bertz CT molecular complexity index is 428. The van der Waals surface area contributed by atoms with Crippen LogP contribution in [0.1, 0.15) is 65.1 Å². The minimum atomic E-state index is 0.324. The zero-order chi connectivity index (χ0) is 15.1. The van der Waals surface area contributed by atoms with E-state index >= 15 is 0 Å². The standard InChI is InChI=1S/C17H29N3O/c1-4-6-15-19-16(18-11-5-2)12-17(20-15)21-14-9-7-13(3)8-10-14/h12-14H,4-11H2,1-3H3,(H,18,19,20). The van der Waals surface area contributed by atoms with Crippen molar-refractivity contribution in [2.24, 2.45) is 5.92 Å². The van der Waals surface area contributed by atoms with E-state index < -0.39 is 0 Å². The van der Waals surface area contributed by atoms with Gasteiger partial charge in [-0.2, -0.15) is 4.98 Å². The highest BCUT2D eigenvalue weighted by Gasteiger charge is 2.20. The molecular weight excluding hydrogens is 262 g/mol. The second-order valence-electron chi connectivity index (χ2n) is 6.18. The summed E-state index contributed by atoms with van der Waals surface area (Å²) in [5, 5.41) is 3.35. The smallest absolute Gasteiger partial charge is 0.218 e. The molecule has 21 heavy (non-hydrogen) atoms. The van der Waals surface area contributed by atoms with E-state index in [1.165, 1.54) is 12.8 Å². The maximum atomic E-state index is 6.12. The second-order valence-corrected chi connectivity index (χ2v) is 6.18. The van der Waals surface area contributed by atoms with Crippen LogP contribution >= 0.6 is 0 Å². The highest BCUT2D eigenvalue weighted by atomic mass is 16.5. The number of hydrogen-bond acceptors (Lipinski definition) is 4. The van der Waals surface area contributed by atoms with Crippen molar-refractivity contribution in [3.8, 4) is 5.88 Å². The molecule has 0 spiro atoms. The average Bonchev–Trinajstić information content (AvgIpc) is 2.48. The van der Waals surface area contributed by atoms with E-state index in [1.54, 1.807) is 0 Å². The molecule has 0 amide bonds. The van der Waals surface area contributed by atoms with E-state index in [9.17, 15) is 0 Å². The molecule has 1 aliphatic carbocycles. The van der Waals surface area contributed by atoms with Gasteiger partial charge in [0, 0.05) is 19.0 Å². The Morgan fingerprint density at radius 1 is 1.14 bits per heavy atom. The van der Waals surface area contributed by atoms with Crippen LogP contribution in [-0.4, -0.2) is 22.6 Å². The van der Waals surface area contributed by atoms with Gasteiger partial charge < -0.3 is 10.1 Å². The number of aromatic nitrogens is 2. The molecular formula is C17H29N3O. The number of ether oxygens (including phenoxy) is 1. The Kier molecular flexibility index (Phi) is 6.27. The van der Waals surface area contributed by atoms with Crippen LogP contribution in [0.2, 0.25) is 0 Å². The van der Waals surface area contributed by atoms with Gasteiger partial charge in [-0.3, -0.25) is 0 Å². The van der Waals surface area contributed by atoms with Crippen LogP contribution in [0.3, 0.4) is 0 Å². The number of anilines is 1. The van der Waals surface area contributed by atoms with Gasteiger partial charge in [-0.05, 0) is 44.4 Å². The van der Waals surface area contributed by atoms with Gasteiger partial charge in [-0.25, -0.2) is 4.98 Å². The molecule has 0 unspecified atom stereocenters. The Balaban J connectivity index is 2.03. The SMILES string of the molecule is CCCNc1cc(OC2CCC(C)CC2)nc(CCC)n1. The van der Waals surface area contributed by atoms with Crippen molar-refractivity contribution >= 4 is 5.82 Å². The molecule has 4 heteroatoms. The van der Waals surface area contributed by atoms with Gasteiger partial charge in [0.2, 0.25) is 5.88 Å². The first-order valence-corrected chi connectivity index (χ1v) is 8.49. The molecule has 1 heterocycles. The Hall–Kier alpha value is -1.32. The van der Waals surface area contributed by atoms with Crippen LogP contribution in [0.15, 0.2) is 6.07 Å². The number of nitrogens with zero attached hydrogens (tertiary/aromatic N) is 2. The number of nitrogens with one attached hydrogen (secondary N) is 1. The topological polar surface area (TPSA) is 47.0 Å².